The predicted molar refractivity (Wildman–Crippen MR) is 97.4 cm³/mol. The van der Waals surface area contributed by atoms with Crippen LogP contribution in [0.15, 0.2) is 18.2 Å². The topological polar surface area (TPSA) is 68.0 Å². The number of fused-ring (bicyclic) bond motifs is 1. The number of nitrogens with zero attached hydrogens (tertiary/aromatic N) is 1. The molecule has 2 atom stereocenters. The maximum absolute atomic E-state index is 12.2. The van der Waals surface area contributed by atoms with Gasteiger partial charge in [0.05, 0.1) is 15.2 Å². The largest absolute Gasteiger partial charge is 0.327 e. The number of nitrogens with two attached hydrogens (primary N) is 1. The first-order valence-electron chi connectivity index (χ1n) is 8.15. The second kappa shape index (κ2) is 6.75. The van der Waals surface area contributed by atoms with E-state index in [0.29, 0.717) is 18.3 Å². The number of nitrogens with one attached hydrogen (secondary N) is 1. The van der Waals surface area contributed by atoms with Gasteiger partial charge in [0.2, 0.25) is 5.91 Å². The lowest BCUT2D eigenvalue weighted by molar-refractivity contribution is -0.117. The Kier molecular flexibility index (Phi) is 4.90. The molecule has 2 saturated carbocycles. The Bertz CT molecular complexity index is 713. The smallest absolute Gasteiger partial charge is 0.224 e. The molecule has 1 aromatic carbocycles. The number of hydrogen-bond acceptors (Lipinski definition) is 4. The van der Waals surface area contributed by atoms with Crippen molar-refractivity contribution in [3.8, 4) is 0 Å². The van der Waals surface area contributed by atoms with Crippen molar-refractivity contribution < 1.29 is 4.79 Å². The highest BCUT2D eigenvalue weighted by atomic mass is 35.5. The van der Waals surface area contributed by atoms with Crippen molar-refractivity contribution >= 4 is 45.6 Å². The number of anilines is 1. The number of halogens is 1. The molecule has 4 nitrogen and oxygen atoms in total. The third-order valence-electron chi connectivity index (χ3n) is 4.78. The van der Waals surface area contributed by atoms with E-state index < -0.39 is 0 Å². The van der Waals surface area contributed by atoms with Gasteiger partial charge in [0, 0.05) is 24.1 Å². The third-order valence-corrected chi connectivity index (χ3v) is 5.96. The van der Waals surface area contributed by atoms with E-state index in [1.165, 1.54) is 17.8 Å². The number of benzene rings is 1. The van der Waals surface area contributed by atoms with Gasteiger partial charge in [0.25, 0.3) is 0 Å². The standard InChI is InChI=1S/C17H21N3OS.ClH/c18-13-3-1-2-11(13)8-16(21)19-12-6-7-14-15(9-12)22-17(20-14)10-4-5-10;/h6-7,9-11,13H,1-5,8,18H2,(H,19,21);1H/t11-,13+;/m0./s1. The highest BCUT2D eigenvalue weighted by Crippen LogP contribution is 2.43. The molecule has 0 radical (unpaired) electrons. The van der Waals surface area contributed by atoms with Crippen molar-refractivity contribution in [2.75, 3.05) is 5.32 Å². The Morgan fingerprint density at radius 3 is 2.83 bits per heavy atom. The van der Waals surface area contributed by atoms with Crippen LogP contribution in [0.2, 0.25) is 0 Å². The maximum atomic E-state index is 12.2. The fourth-order valence-corrected chi connectivity index (χ4v) is 4.47. The molecule has 2 aliphatic rings. The van der Waals surface area contributed by atoms with Crippen molar-refractivity contribution in [1.29, 1.82) is 0 Å². The average molecular weight is 352 g/mol. The van der Waals surface area contributed by atoms with Crippen molar-refractivity contribution in [3.63, 3.8) is 0 Å². The van der Waals surface area contributed by atoms with Gasteiger partial charge in [0.1, 0.15) is 0 Å². The molecule has 1 heterocycles. The molecule has 0 spiro atoms. The minimum absolute atomic E-state index is 0. The van der Waals surface area contributed by atoms with Crippen LogP contribution >= 0.6 is 23.7 Å². The monoisotopic (exact) mass is 351 g/mol. The number of rotatable bonds is 4. The molecule has 2 aliphatic carbocycles. The van der Waals surface area contributed by atoms with Gasteiger partial charge in [-0.2, -0.15) is 0 Å². The lowest BCUT2D eigenvalue weighted by atomic mass is 10.00. The molecule has 124 valence electrons. The van der Waals surface area contributed by atoms with Gasteiger partial charge in [0.15, 0.2) is 0 Å². The Morgan fingerprint density at radius 2 is 2.13 bits per heavy atom. The lowest BCUT2D eigenvalue weighted by Gasteiger charge is -2.14. The summed E-state index contributed by atoms with van der Waals surface area (Å²) < 4.78 is 1.16. The Morgan fingerprint density at radius 1 is 1.30 bits per heavy atom. The number of thiazole rings is 1. The second-order valence-corrected chi connectivity index (χ2v) is 7.68. The molecule has 6 heteroatoms. The molecule has 23 heavy (non-hydrogen) atoms. The van der Waals surface area contributed by atoms with Crippen molar-refractivity contribution in [2.45, 2.75) is 50.5 Å². The zero-order valence-corrected chi connectivity index (χ0v) is 14.6. The number of hydrogen-bond donors (Lipinski definition) is 2. The Balaban J connectivity index is 0.00000156. The molecule has 0 saturated heterocycles. The van der Waals surface area contributed by atoms with E-state index in [1.807, 2.05) is 18.2 Å². The van der Waals surface area contributed by atoms with Gasteiger partial charge in [-0.05, 0) is 49.8 Å². The van der Waals surface area contributed by atoms with Crippen LogP contribution in [-0.2, 0) is 4.79 Å². The van der Waals surface area contributed by atoms with Crippen molar-refractivity contribution in [2.24, 2.45) is 11.7 Å². The Hall–Kier alpha value is -1.17. The molecule has 2 aromatic rings. The number of carbonyl (C=O) groups excluding carboxylic acids is 1. The van der Waals surface area contributed by atoms with Gasteiger partial charge in [-0.25, -0.2) is 4.98 Å². The van der Waals surface area contributed by atoms with Crippen LogP contribution in [0.25, 0.3) is 10.2 Å². The van der Waals surface area contributed by atoms with E-state index in [9.17, 15) is 4.79 Å². The lowest BCUT2D eigenvalue weighted by Crippen LogP contribution is -2.28. The number of aromatic nitrogens is 1. The van der Waals surface area contributed by atoms with Crippen LogP contribution < -0.4 is 11.1 Å². The van der Waals surface area contributed by atoms with Crippen LogP contribution in [0.4, 0.5) is 5.69 Å². The third kappa shape index (κ3) is 3.67. The van der Waals surface area contributed by atoms with E-state index in [1.54, 1.807) is 11.3 Å². The molecule has 3 N–H and O–H groups in total. The highest BCUT2D eigenvalue weighted by molar-refractivity contribution is 7.18. The number of amides is 1. The zero-order chi connectivity index (χ0) is 15.1. The van der Waals surface area contributed by atoms with Crippen LogP contribution in [0.3, 0.4) is 0 Å². The van der Waals surface area contributed by atoms with E-state index in [0.717, 1.165) is 35.2 Å². The van der Waals surface area contributed by atoms with Gasteiger partial charge in [-0.3, -0.25) is 4.79 Å². The summed E-state index contributed by atoms with van der Waals surface area (Å²) in [6.45, 7) is 0. The SMILES string of the molecule is Cl.N[C@@H]1CCC[C@H]1CC(=O)Nc1ccc2nc(C3CC3)sc2c1. The van der Waals surface area contributed by atoms with Gasteiger partial charge >= 0.3 is 0 Å². The maximum Gasteiger partial charge on any atom is 0.224 e. The minimum atomic E-state index is 0. The van der Waals surface area contributed by atoms with Crippen molar-refractivity contribution in [3.05, 3.63) is 23.2 Å². The summed E-state index contributed by atoms with van der Waals surface area (Å²) in [7, 11) is 0. The predicted octanol–water partition coefficient (Wildman–Crippen LogP) is 4.05. The first-order valence-corrected chi connectivity index (χ1v) is 8.96. The fourth-order valence-electron chi connectivity index (χ4n) is 3.29. The van der Waals surface area contributed by atoms with Crippen LogP contribution in [0, 0.1) is 5.92 Å². The van der Waals surface area contributed by atoms with Crippen molar-refractivity contribution in [1.82, 2.24) is 4.98 Å². The first kappa shape index (κ1) is 16.7. The molecule has 0 aliphatic heterocycles. The molecule has 1 amide bonds. The quantitative estimate of drug-likeness (QED) is 0.873. The fraction of sp³-hybridized carbons (Fsp3) is 0.529. The normalized spacial score (nSPS) is 23.7. The number of carbonyl (C=O) groups is 1. The molecule has 0 unspecified atom stereocenters. The van der Waals surface area contributed by atoms with E-state index >= 15 is 0 Å². The summed E-state index contributed by atoms with van der Waals surface area (Å²) in [5.74, 6) is 1.10. The van der Waals surface area contributed by atoms with Crippen LogP contribution in [0.5, 0.6) is 0 Å². The second-order valence-electron chi connectivity index (χ2n) is 6.62. The van der Waals surface area contributed by atoms with Gasteiger partial charge < -0.3 is 11.1 Å². The summed E-state index contributed by atoms with van der Waals surface area (Å²) in [6, 6.07) is 6.20. The summed E-state index contributed by atoms with van der Waals surface area (Å²) in [4.78, 5) is 16.9. The van der Waals surface area contributed by atoms with E-state index in [2.05, 4.69) is 10.3 Å². The van der Waals surface area contributed by atoms with E-state index in [-0.39, 0.29) is 24.4 Å². The van der Waals surface area contributed by atoms with Gasteiger partial charge in [-0.1, -0.05) is 6.42 Å². The molecular weight excluding hydrogens is 330 g/mol. The summed E-state index contributed by atoms with van der Waals surface area (Å²) in [5, 5.41) is 4.27. The first-order chi connectivity index (χ1) is 10.7. The summed E-state index contributed by atoms with van der Waals surface area (Å²) in [5.41, 5.74) is 7.96. The minimum Gasteiger partial charge on any atom is -0.327 e. The Labute approximate surface area is 146 Å². The highest BCUT2D eigenvalue weighted by Gasteiger charge is 2.27. The summed E-state index contributed by atoms with van der Waals surface area (Å²) >= 11 is 1.76. The molecule has 2 fully saturated rings. The molecule has 1 aromatic heterocycles. The van der Waals surface area contributed by atoms with Crippen LogP contribution in [0.1, 0.15) is 49.5 Å². The zero-order valence-electron chi connectivity index (χ0n) is 13.0. The average Bonchev–Trinajstić information content (AvgIpc) is 3.14. The van der Waals surface area contributed by atoms with Crippen LogP contribution in [-0.4, -0.2) is 16.9 Å². The van der Waals surface area contributed by atoms with Gasteiger partial charge in [-0.15, -0.1) is 23.7 Å². The van der Waals surface area contributed by atoms with E-state index in [4.69, 9.17) is 5.73 Å². The molecule has 4 rings (SSSR count). The molecule has 0 bridgehead atoms. The summed E-state index contributed by atoms with van der Waals surface area (Å²) in [6.07, 6.45) is 6.35. The molecular formula is C17H22ClN3OS.